The second-order valence-corrected chi connectivity index (χ2v) is 5.11. The fraction of sp³-hybridized carbons (Fsp3) is 0.600. The van der Waals surface area contributed by atoms with Crippen molar-refractivity contribution >= 4 is 0 Å². The lowest BCUT2D eigenvalue weighted by Gasteiger charge is -2.42. The average Bonchev–Trinajstić information content (AvgIpc) is 2.41. The predicted molar refractivity (Wildman–Crippen MR) is 73.4 cm³/mol. The molecular weight excluding hydrogens is 208 g/mol. The molecule has 1 heterocycles. The molecule has 2 heteroatoms. The normalized spacial score (nSPS) is 20.4. The summed E-state index contributed by atoms with van der Waals surface area (Å²) >= 11 is 0. The van der Waals surface area contributed by atoms with Crippen LogP contribution in [0, 0.1) is 0 Å². The molecule has 0 saturated carbocycles. The van der Waals surface area contributed by atoms with E-state index in [9.17, 15) is 0 Å². The van der Waals surface area contributed by atoms with Crippen molar-refractivity contribution in [2.45, 2.75) is 25.2 Å². The van der Waals surface area contributed by atoms with Gasteiger partial charge in [0.05, 0.1) is 0 Å². The van der Waals surface area contributed by atoms with Gasteiger partial charge in [-0.05, 0) is 45.1 Å². The monoisotopic (exact) mass is 232 g/mol. The first kappa shape index (κ1) is 12.6. The molecule has 0 radical (unpaired) electrons. The Bertz CT molecular complexity index is 326. The summed E-state index contributed by atoms with van der Waals surface area (Å²) in [4.78, 5) is 2.55. The largest absolute Gasteiger partial charge is 0.319 e. The van der Waals surface area contributed by atoms with Gasteiger partial charge in [0, 0.05) is 12.0 Å². The maximum Gasteiger partial charge on any atom is 0.0102 e. The molecule has 0 unspecified atom stereocenters. The maximum atomic E-state index is 3.39. The molecule has 1 aliphatic heterocycles. The Morgan fingerprint density at radius 1 is 1.18 bits per heavy atom. The fourth-order valence-electron chi connectivity index (χ4n) is 2.99. The van der Waals surface area contributed by atoms with Crippen molar-refractivity contribution in [3.8, 4) is 0 Å². The van der Waals surface area contributed by atoms with Crippen molar-refractivity contribution in [2.24, 2.45) is 0 Å². The van der Waals surface area contributed by atoms with Crippen LogP contribution < -0.4 is 5.32 Å². The van der Waals surface area contributed by atoms with Crippen molar-refractivity contribution in [1.29, 1.82) is 0 Å². The van der Waals surface area contributed by atoms with Gasteiger partial charge in [-0.15, -0.1) is 0 Å². The minimum atomic E-state index is 0.349. The number of piperidine rings is 1. The van der Waals surface area contributed by atoms with Crippen molar-refractivity contribution < 1.29 is 0 Å². The number of likely N-dealkylation sites (N-methyl/N-ethyl adjacent to an activating group) is 1. The molecule has 1 aromatic carbocycles. The molecule has 0 atom stereocenters. The topological polar surface area (TPSA) is 15.3 Å². The number of nitrogens with one attached hydrogen (secondary N) is 1. The number of benzene rings is 1. The molecule has 0 aromatic heterocycles. The van der Waals surface area contributed by atoms with Crippen molar-refractivity contribution in [2.75, 3.05) is 33.2 Å². The molecule has 2 nitrogen and oxygen atoms in total. The van der Waals surface area contributed by atoms with Crippen LogP contribution in [0.5, 0.6) is 0 Å². The first-order valence-electron chi connectivity index (χ1n) is 6.73. The molecule has 0 bridgehead atoms. The molecule has 1 aliphatic rings. The number of nitrogens with zero attached hydrogens (tertiary/aromatic N) is 1. The van der Waals surface area contributed by atoms with Crippen molar-refractivity contribution in [3.05, 3.63) is 35.9 Å². The fourth-order valence-corrected chi connectivity index (χ4v) is 2.99. The SMILES string of the molecule is CCN1CCC(CNC)(c2ccccc2)CC1. The van der Waals surface area contributed by atoms with Gasteiger partial charge in [0.25, 0.3) is 0 Å². The van der Waals surface area contributed by atoms with E-state index in [-0.39, 0.29) is 0 Å². The summed E-state index contributed by atoms with van der Waals surface area (Å²) in [6.07, 6.45) is 2.54. The third kappa shape index (κ3) is 2.70. The van der Waals surface area contributed by atoms with Gasteiger partial charge in [-0.25, -0.2) is 0 Å². The van der Waals surface area contributed by atoms with Gasteiger partial charge in [0.2, 0.25) is 0 Å². The number of rotatable bonds is 4. The minimum Gasteiger partial charge on any atom is -0.319 e. The molecule has 94 valence electrons. The molecule has 0 aliphatic carbocycles. The van der Waals surface area contributed by atoms with Gasteiger partial charge in [0.1, 0.15) is 0 Å². The Hall–Kier alpha value is -0.860. The zero-order valence-electron chi connectivity index (χ0n) is 11.1. The molecule has 0 spiro atoms. The lowest BCUT2D eigenvalue weighted by Crippen LogP contribution is -2.47. The van der Waals surface area contributed by atoms with Crippen LogP contribution in [0.4, 0.5) is 0 Å². The Morgan fingerprint density at radius 2 is 1.82 bits per heavy atom. The van der Waals surface area contributed by atoms with Gasteiger partial charge in [-0.1, -0.05) is 37.3 Å². The highest BCUT2D eigenvalue weighted by Gasteiger charge is 2.34. The van der Waals surface area contributed by atoms with E-state index in [0.717, 1.165) is 6.54 Å². The van der Waals surface area contributed by atoms with E-state index in [2.05, 4.69) is 54.5 Å². The summed E-state index contributed by atoms with van der Waals surface area (Å²) in [6, 6.07) is 11.0. The Balaban J connectivity index is 2.17. The van der Waals surface area contributed by atoms with Crippen LogP contribution >= 0.6 is 0 Å². The lowest BCUT2D eigenvalue weighted by atomic mass is 9.72. The van der Waals surface area contributed by atoms with Crippen LogP contribution in [0.25, 0.3) is 0 Å². The first-order chi connectivity index (χ1) is 8.30. The van der Waals surface area contributed by atoms with E-state index < -0.39 is 0 Å². The standard InChI is InChI=1S/C15H24N2/c1-3-17-11-9-15(10-12-17,13-16-2)14-7-5-4-6-8-14/h4-8,16H,3,9-13H2,1-2H3. The lowest BCUT2D eigenvalue weighted by molar-refractivity contribution is 0.164. The molecule has 0 amide bonds. The van der Waals surface area contributed by atoms with E-state index >= 15 is 0 Å². The third-order valence-corrected chi connectivity index (χ3v) is 4.16. The third-order valence-electron chi connectivity index (χ3n) is 4.16. The summed E-state index contributed by atoms with van der Waals surface area (Å²) in [5.74, 6) is 0. The van der Waals surface area contributed by atoms with Gasteiger partial charge >= 0.3 is 0 Å². The number of likely N-dealkylation sites (tertiary alicyclic amines) is 1. The quantitative estimate of drug-likeness (QED) is 0.856. The van der Waals surface area contributed by atoms with Gasteiger partial charge in [-0.3, -0.25) is 0 Å². The molecule has 2 rings (SSSR count). The van der Waals surface area contributed by atoms with Gasteiger partial charge in [-0.2, -0.15) is 0 Å². The maximum absolute atomic E-state index is 3.39. The summed E-state index contributed by atoms with van der Waals surface area (Å²) in [6.45, 7) is 6.99. The van der Waals surface area contributed by atoms with Crippen LogP contribution in [0.3, 0.4) is 0 Å². The summed E-state index contributed by atoms with van der Waals surface area (Å²) in [5, 5.41) is 3.39. The Kier molecular flexibility index (Phi) is 4.19. The van der Waals surface area contributed by atoms with Crippen LogP contribution in [-0.4, -0.2) is 38.1 Å². The summed E-state index contributed by atoms with van der Waals surface area (Å²) in [7, 11) is 2.07. The van der Waals surface area contributed by atoms with E-state index in [1.807, 2.05) is 0 Å². The Morgan fingerprint density at radius 3 is 2.35 bits per heavy atom. The molecule has 1 fully saturated rings. The van der Waals surface area contributed by atoms with E-state index in [1.165, 1.54) is 38.0 Å². The van der Waals surface area contributed by atoms with Crippen LogP contribution in [0.15, 0.2) is 30.3 Å². The smallest absolute Gasteiger partial charge is 0.0102 e. The highest BCUT2D eigenvalue weighted by molar-refractivity contribution is 5.27. The minimum absolute atomic E-state index is 0.349. The Labute approximate surface area is 105 Å². The summed E-state index contributed by atoms with van der Waals surface area (Å²) < 4.78 is 0. The zero-order valence-corrected chi connectivity index (χ0v) is 11.1. The highest BCUT2D eigenvalue weighted by atomic mass is 15.1. The molecule has 1 aromatic rings. The second kappa shape index (κ2) is 5.65. The van der Waals surface area contributed by atoms with Crippen LogP contribution in [0.1, 0.15) is 25.3 Å². The zero-order chi connectivity index (χ0) is 12.1. The van der Waals surface area contributed by atoms with E-state index in [1.54, 1.807) is 0 Å². The molecule has 17 heavy (non-hydrogen) atoms. The average molecular weight is 232 g/mol. The first-order valence-corrected chi connectivity index (χ1v) is 6.73. The highest BCUT2D eigenvalue weighted by Crippen LogP contribution is 2.34. The second-order valence-electron chi connectivity index (χ2n) is 5.11. The van der Waals surface area contributed by atoms with Crippen molar-refractivity contribution in [3.63, 3.8) is 0 Å². The predicted octanol–water partition coefficient (Wildman–Crippen LogP) is 2.26. The summed E-state index contributed by atoms with van der Waals surface area (Å²) in [5.41, 5.74) is 1.85. The molecular formula is C15H24N2. The van der Waals surface area contributed by atoms with Crippen molar-refractivity contribution in [1.82, 2.24) is 10.2 Å². The molecule has 1 N–H and O–H groups in total. The van der Waals surface area contributed by atoms with Gasteiger partial charge in [0.15, 0.2) is 0 Å². The van der Waals surface area contributed by atoms with E-state index in [4.69, 9.17) is 0 Å². The number of hydrogen-bond acceptors (Lipinski definition) is 2. The molecule has 1 saturated heterocycles. The van der Waals surface area contributed by atoms with Crippen LogP contribution in [0.2, 0.25) is 0 Å². The van der Waals surface area contributed by atoms with Gasteiger partial charge < -0.3 is 10.2 Å². The van der Waals surface area contributed by atoms with Crippen LogP contribution in [-0.2, 0) is 5.41 Å². The number of hydrogen-bond donors (Lipinski definition) is 1. The van der Waals surface area contributed by atoms with E-state index in [0.29, 0.717) is 5.41 Å².